The molecule has 0 aliphatic rings. The Kier molecular flexibility index (Phi) is 3.20. The van der Waals surface area contributed by atoms with Crippen LogP contribution in [0.4, 0.5) is 0 Å². The second-order valence-corrected chi connectivity index (χ2v) is 10.6. The molecular formula is C20H19NOS. The normalized spacial score (nSPS) is 12.8. The number of fused-ring (bicyclic) bond motifs is 3. The van der Waals surface area contributed by atoms with Crippen molar-refractivity contribution in [2.45, 2.75) is 4.90 Å². The lowest BCUT2D eigenvalue weighted by Gasteiger charge is -2.28. The zero-order valence-electron chi connectivity index (χ0n) is 13.5. The highest BCUT2D eigenvalue weighted by molar-refractivity contribution is 8.32. The summed E-state index contributed by atoms with van der Waals surface area (Å²) in [5.41, 5.74) is 4.00. The average Bonchev–Trinajstić information content (AvgIpc) is 2.92. The number of furan rings is 1. The molecular weight excluding hydrogens is 302 g/mol. The number of pyridine rings is 1. The third-order valence-electron chi connectivity index (χ3n) is 4.09. The summed E-state index contributed by atoms with van der Waals surface area (Å²) in [6, 6.07) is 18.9. The zero-order chi connectivity index (χ0) is 16.0. The average molecular weight is 321 g/mol. The highest BCUT2D eigenvalue weighted by atomic mass is 32.3. The van der Waals surface area contributed by atoms with E-state index in [9.17, 15) is 0 Å². The molecule has 116 valence electrons. The third-order valence-corrected chi connectivity index (χ3v) is 5.76. The number of nitrogens with zero attached hydrogens (tertiary/aromatic N) is 1. The second-order valence-electron chi connectivity index (χ2n) is 6.50. The molecule has 0 spiro atoms. The van der Waals surface area contributed by atoms with Gasteiger partial charge < -0.3 is 4.42 Å². The predicted molar refractivity (Wildman–Crippen MR) is 101 cm³/mol. The summed E-state index contributed by atoms with van der Waals surface area (Å²) in [4.78, 5) is 6.05. The lowest BCUT2D eigenvalue weighted by molar-refractivity contribution is 0.667. The van der Waals surface area contributed by atoms with Crippen LogP contribution in [0, 0.1) is 0 Å². The molecule has 2 aromatic heterocycles. The van der Waals surface area contributed by atoms with Gasteiger partial charge in [0.15, 0.2) is 5.58 Å². The molecule has 0 aliphatic carbocycles. The summed E-state index contributed by atoms with van der Waals surface area (Å²) >= 11 is 0. The first-order chi connectivity index (χ1) is 11.0. The summed E-state index contributed by atoms with van der Waals surface area (Å²) in [5.74, 6) is 0. The van der Waals surface area contributed by atoms with Gasteiger partial charge in [-0.2, -0.15) is 0 Å². The van der Waals surface area contributed by atoms with Crippen LogP contribution < -0.4 is 0 Å². The van der Waals surface area contributed by atoms with Crippen molar-refractivity contribution in [3.05, 3.63) is 60.8 Å². The van der Waals surface area contributed by atoms with Gasteiger partial charge in [0.2, 0.25) is 0 Å². The molecule has 2 nitrogen and oxygen atoms in total. The molecule has 0 aliphatic heterocycles. The van der Waals surface area contributed by atoms with E-state index in [1.807, 2.05) is 24.4 Å². The van der Waals surface area contributed by atoms with Crippen molar-refractivity contribution in [2.24, 2.45) is 0 Å². The number of hydrogen-bond acceptors (Lipinski definition) is 2. The van der Waals surface area contributed by atoms with Crippen LogP contribution in [0.25, 0.3) is 33.2 Å². The van der Waals surface area contributed by atoms with Gasteiger partial charge in [0.25, 0.3) is 0 Å². The van der Waals surface area contributed by atoms with Crippen molar-refractivity contribution < 1.29 is 4.42 Å². The Morgan fingerprint density at radius 3 is 2.39 bits per heavy atom. The van der Waals surface area contributed by atoms with Crippen LogP contribution in [0.1, 0.15) is 0 Å². The molecule has 0 bridgehead atoms. The van der Waals surface area contributed by atoms with Crippen LogP contribution >= 0.6 is 10.0 Å². The summed E-state index contributed by atoms with van der Waals surface area (Å²) in [5, 5.41) is 2.27. The van der Waals surface area contributed by atoms with Crippen LogP contribution in [-0.2, 0) is 0 Å². The van der Waals surface area contributed by atoms with Crippen molar-refractivity contribution >= 4 is 32.0 Å². The van der Waals surface area contributed by atoms with E-state index in [1.165, 1.54) is 10.5 Å². The molecule has 4 aromatic rings. The number of para-hydroxylation sites is 1. The number of benzene rings is 2. The number of aromatic nitrogens is 1. The molecule has 0 N–H and O–H groups in total. The van der Waals surface area contributed by atoms with E-state index >= 15 is 0 Å². The molecule has 0 amide bonds. The van der Waals surface area contributed by atoms with Crippen LogP contribution in [0.15, 0.2) is 70.1 Å². The van der Waals surface area contributed by atoms with Gasteiger partial charge in [0.05, 0.1) is 11.9 Å². The molecule has 4 rings (SSSR count). The van der Waals surface area contributed by atoms with Gasteiger partial charge >= 0.3 is 0 Å². The van der Waals surface area contributed by atoms with E-state index in [0.29, 0.717) is 0 Å². The molecule has 2 aromatic carbocycles. The summed E-state index contributed by atoms with van der Waals surface area (Å²) in [7, 11) is -0.827. The topological polar surface area (TPSA) is 26.0 Å². The van der Waals surface area contributed by atoms with Gasteiger partial charge in [-0.05, 0) is 41.9 Å². The summed E-state index contributed by atoms with van der Waals surface area (Å²) in [6.45, 7) is 0. The van der Waals surface area contributed by atoms with Gasteiger partial charge in [-0.1, -0.05) is 36.4 Å². The Hall–Kier alpha value is -2.26. The van der Waals surface area contributed by atoms with Crippen molar-refractivity contribution in [2.75, 3.05) is 18.8 Å². The quantitative estimate of drug-likeness (QED) is 0.473. The minimum absolute atomic E-state index is 0.827. The lowest BCUT2D eigenvalue weighted by Crippen LogP contribution is -1.97. The maximum atomic E-state index is 5.88. The minimum Gasteiger partial charge on any atom is -0.454 e. The molecule has 0 fully saturated rings. The molecule has 0 radical (unpaired) electrons. The third kappa shape index (κ3) is 2.41. The van der Waals surface area contributed by atoms with E-state index in [1.54, 1.807) is 0 Å². The van der Waals surface area contributed by atoms with Crippen LogP contribution in [0.5, 0.6) is 0 Å². The van der Waals surface area contributed by atoms with E-state index < -0.39 is 10.0 Å². The van der Waals surface area contributed by atoms with Gasteiger partial charge in [0.1, 0.15) is 5.58 Å². The monoisotopic (exact) mass is 321 g/mol. The molecule has 0 saturated carbocycles. The Morgan fingerprint density at radius 2 is 1.57 bits per heavy atom. The molecule has 3 heteroatoms. The standard InChI is InChI=1S/C20H19NOS/c1-23(2,3)20-11-7-5-9-15(20)17-12-16-14-8-4-6-10-18(14)22-19(16)13-21-17/h4-13H,1-3H3. The fraction of sp³-hybridized carbons (Fsp3) is 0.150. The molecule has 2 heterocycles. The molecule has 0 saturated heterocycles. The zero-order valence-corrected chi connectivity index (χ0v) is 14.4. The van der Waals surface area contributed by atoms with Crippen LogP contribution in [0.2, 0.25) is 0 Å². The van der Waals surface area contributed by atoms with E-state index in [2.05, 4.69) is 60.1 Å². The van der Waals surface area contributed by atoms with Gasteiger partial charge in [-0.25, -0.2) is 10.0 Å². The first kappa shape index (κ1) is 14.3. The Bertz CT molecular complexity index is 1010. The molecule has 0 atom stereocenters. The van der Waals surface area contributed by atoms with Gasteiger partial charge in [-0.3, -0.25) is 4.98 Å². The van der Waals surface area contributed by atoms with E-state index in [-0.39, 0.29) is 0 Å². The maximum absolute atomic E-state index is 5.88. The van der Waals surface area contributed by atoms with E-state index in [4.69, 9.17) is 4.42 Å². The maximum Gasteiger partial charge on any atom is 0.153 e. The van der Waals surface area contributed by atoms with Crippen LogP contribution in [0.3, 0.4) is 0 Å². The SMILES string of the molecule is CS(C)(C)c1ccccc1-c1cc2c(cn1)oc1ccccc12. The highest BCUT2D eigenvalue weighted by Gasteiger charge is 2.16. The predicted octanol–water partition coefficient (Wildman–Crippen LogP) is 5.70. The van der Waals surface area contributed by atoms with Gasteiger partial charge in [-0.15, -0.1) is 0 Å². The Morgan fingerprint density at radius 1 is 0.826 bits per heavy atom. The fourth-order valence-corrected chi connectivity index (χ4v) is 4.31. The molecule has 23 heavy (non-hydrogen) atoms. The highest BCUT2D eigenvalue weighted by Crippen LogP contribution is 2.49. The molecule has 0 unspecified atom stereocenters. The Balaban J connectivity index is 1.99. The number of rotatable bonds is 2. The Labute approximate surface area is 137 Å². The first-order valence-electron chi connectivity index (χ1n) is 7.59. The number of hydrogen-bond donors (Lipinski definition) is 0. The largest absolute Gasteiger partial charge is 0.454 e. The van der Waals surface area contributed by atoms with E-state index in [0.717, 1.165) is 27.6 Å². The minimum atomic E-state index is -0.827. The summed E-state index contributed by atoms with van der Waals surface area (Å²) < 4.78 is 5.88. The van der Waals surface area contributed by atoms with Crippen molar-refractivity contribution in [3.8, 4) is 11.3 Å². The lowest BCUT2D eigenvalue weighted by atomic mass is 10.1. The van der Waals surface area contributed by atoms with Crippen molar-refractivity contribution in [3.63, 3.8) is 0 Å². The van der Waals surface area contributed by atoms with Gasteiger partial charge in [0, 0.05) is 16.3 Å². The van der Waals surface area contributed by atoms with Crippen molar-refractivity contribution in [1.29, 1.82) is 0 Å². The first-order valence-corrected chi connectivity index (χ1v) is 10.4. The second kappa shape index (κ2) is 5.14. The smallest absolute Gasteiger partial charge is 0.153 e. The summed E-state index contributed by atoms with van der Waals surface area (Å²) in [6.07, 6.45) is 8.80. The fourth-order valence-electron chi connectivity index (χ4n) is 2.99. The van der Waals surface area contributed by atoms with Crippen molar-refractivity contribution in [1.82, 2.24) is 4.98 Å². The van der Waals surface area contributed by atoms with Crippen LogP contribution in [-0.4, -0.2) is 23.8 Å².